The number of aromatic nitrogens is 1. The van der Waals surface area contributed by atoms with Gasteiger partial charge in [-0.15, -0.1) is 0 Å². The van der Waals surface area contributed by atoms with Gasteiger partial charge in [0.05, 0.1) is 6.54 Å². The fraction of sp³-hybridized carbons (Fsp3) is 0.462. The summed E-state index contributed by atoms with van der Waals surface area (Å²) in [4.78, 5) is 28.7. The Morgan fingerprint density at radius 2 is 1.84 bits per heavy atom. The zero-order chi connectivity index (χ0) is 26.8. The van der Waals surface area contributed by atoms with Gasteiger partial charge in [0, 0.05) is 48.4 Å². The smallest absolute Gasteiger partial charge is 0.328 e. The summed E-state index contributed by atoms with van der Waals surface area (Å²) in [7, 11) is -3.83. The highest BCUT2D eigenvalue weighted by Crippen LogP contribution is 2.25. The highest BCUT2D eigenvalue weighted by Gasteiger charge is 2.44. The van der Waals surface area contributed by atoms with Gasteiger partial charge >= 0.3 is 6.03 Å². The molecule has 1 aromatic carbocycles. The molecule has 2 amide bonds. The second-order valence-electron chi connectivity index (χ2n) is 10.0. The molecule has 1 aromatic heterocycles. The van der Waals surface area contributed by atoms with Gasteiger partial charge in [0.15, 0.2) is 14.6 Å². The third-order valence-electron chi connectivity index (χ3n) is 7.33. The molecule has 37 heavy (non-hydrogen) atoms. The lowest BCUT2D eigenvalue weighted by Gasteiger charge is -2.30. The van der Waals surface area contributed by atoms with Crippen molar-refractivity contribution in [1.82, 2.24) is 19.8 Å². The number of nitrogens with one attached hydrogen (secondary N) is 1. The number of benzene rings is 1. The molecule has 11 heteroatoms. The fourth-order valence-electron chi connectivity index (χ4n) is 4.61. The van der Waals surface area contributed by atoms with Crippen LogP contribution >= 0.6 is 0 Å². The normalized spacial score (nSPS) is 18.2. The van der Waals surface area contributed by atoms with E-state index in [1.165, 1.54) is 27.4 Å². The van der Waals surface area contributed by atoms with Gasteiger partial charge in [-0.05, 0) is 63.0 Å². The molecule has 2 aromatic rings. The minimum absolute atomic E-state index is 0.0368. The zero-order valence-electron chi connectivity index (χ0n) is 21.1. The van der Waals surface area contributed by atoms with E-state index in [0.29, 0.717) is 11.6 Å². The second kappa shape index (κ2) is 10.7. The molecule has 1 fully saturated rings. The van der Waals surface area contributed by atoms with Crippen molar-refractivity contribution in [1.29, 1.82) is 0 Å². The number of rotatable bonds is 7. The molecule has 4 rings (SSSR count). The Kier molecular flexibility index (Phi) is 7.75. The maximum atomic E-state index is 12.8. The van der Waals surface area contributed by atoms with E-state index in [-0.39, 0.29) is 25.5 Å². The predicted molar refractivity (Wildman–Crippen MR) is 138 cm³/mol. The third kappa shape index (κ3) is 5.88. The zero-order valence-corrected chi connectivity index (χ0v) is 21.9. The van der Waals surface area contributed by atoms with Gasteiger partial charge in [-0.1, -0.05) is 24.0 Å². The molecule has 0 spiro atoms. The number of amides is 2. The summed E-state index contributed by atoms with van der Waals surface area (Å²) in [6.45, 7) is 4.49. The number of hydrogen-bond acceptors (Lipinski definition) is 7. The quantitative estimate of drug-likeness (QED) is 0.280. The van der Waals surface area contributed by atoms with Crippen molar-refractivity contribution in [2.45, 2.75) is 50.1 Å². The monoisotopic (exact) mass is 527 g/mol. The van der Waals surface area contributed by atoms with Crippen LogP contribution in [0.25, 0.3) is 0 Å². The first-order valence-corrected chi connectivity index (χ1v) is 14.1. The van der Waals surface area contributed by atoms with E-state index in [4.69, 9.17) is 10.9 Å². The number of piperidine rings is 1. The molecule has 1 saturated heterocycles. The van der Waals surface area contributed by atoms with Gasteiger partial charge < -0.3 is 10.6 Å². The van der Waals surface area contributed by atoms with E-state index in [9.17, 15) is 18.0 Å². The van der Waals surface area contributed by atoms with Gasteiger partial charge in [0.25, 0.3) is 5.91 Å². The molecule has 0 aliphatic carbocycles. The van der Waals surface area contributed by atoms with E-state index in [1.54, 1.807) is 6.20 Å². The molecule has 4 N–H and O–H groups in total. The van der Waals surface area contributed by atoms with Crippen LogP contribution in [0.2, 0.25) is 0 Å². The van der Waals surface area contributed by atoms with Crippen molar-refractivity contribution >= 4 is 21.8 Å². The lowest BCUT2D eigenvalue weighted by atomic mass is 10.0. The largest absolute Gasteiger partial charge is 0.328 e. The molecule has 0 radical (unpaired) electrons. The molecule has 0 unspecified atom stereocenters. The van der Waals surface area contributed by atoms with E-state index in [2.05, 4.69) is 28.9 Å². The van der Waals surface area contributed by atoms with Crippen LogP contribution in [0.15, 0.2) is 36.5 Å². The number of sulfone groups is 1. The van der Waals surface area contributed by atoms with Crippen LogP contribution in [0.3, 0.4) is 0 Å². The molecule has 3 heterocycles. The first kappa shape index (κ1) is 26.9. The summed E-state index contributed by atoms with van der Waals surface area (Å²) in [5.74, 6) is 5.22. The summed E-state index contributed by atoms with van der Waals surface area (Å²) in [5.41, 5.74) is 11.0. The van der Waals surface area contributed by atoms with Gasteiger partial charge in [-0.3, -0.25) is 19.5 Å². The first-order valence-electron chi connectivity index (χ1n) is 12.2. The molecule has 0 bridgehead atoms. The van der Waals surface area contributed by atoms with Crippen molar-refractivity contribution < 1.29 is 23.2 Å². The minimum atomic E-state index is -3.83. The molecular formula is C26H33N5O5S. The standard InChI is InChI=1S/C26H33N5O5S/c1-26(24(32)28-34,37(2,35)36)11-14-30-18-23-15-21(17-31(23)25(30)33)8-5-19-3-6-20(7-4-19)16-29-12-9-22(27)10-13-29/h3-4,6-7,15,17,22,34H,9-14,16,18,27H2,1-2H3,(H,28,32)/t26-/m1/s1. The average molecular weight is 528 g/mol. The van der Waals surface area contributed by atoms with Gasteiger partial charge in [0.1, 0.15) is 0 Å². The van der Waals surface area contributed by atoms with Crippen LogP contribution in [0.1, 0.15) is 48.6 Å². The number of fused-ring (bicyclic) bond motifs is 1. The van der Waals surface area contributed by atoms with Gasteiger partial charge in [-0.2, -0.15) is 0 Å². The number of carbonyl (C=O) groups is 2. The lowest BCUT2D eigenvalue weighted by molar-refractivity contribution is -0.131. The summed E-state index contributed by atoms with van der Waals surface area (Å²) in [6.07, 6.45) is 4.51. The number of nitrogens with two attached hydrogens (primary N) is 1. The summed E-state index contributed by atoms with van der Waals surface area (Å²) in [6, 6.07) is 10.00. The summed E-state index contributed by atoms with van der Waals surface area (Å²) >= 11 is 0. The van der Waals surface area contributed by atoms with Gasteiger partial charge in [0.2, 0.25) is 0 Å². The Bertz CT molecular complexity index is 1330. The van der Waals surface area contributed by atoms with Crippen LogP contribution in [0.5, 0.6) is 0 Å². The molecule has 1 atom stereocenters. The van der Waals surface area contributed by atoms with E-state index >= 15 is 0 Å². The van der Waals surface area contributed by atoms with E-state index < -0.39 is 20.5 Å². The number of nitrogens with zero attached hydrogens (tertiary/aromatic N) is 3. The number of likely N-dealkylation sites (tertiary alicyclic amines) is 1. The first-order chi connectivity index (χ1) is 17.5. The van der Waals surface area contributed by atoms with E-state index in [1.807, 2.05) is 18.2 Å². The summed E-state index contributed by atoms with van der Waals surface area (Å²) in [5, 5.41) is 8.97. The average Bonchev–Trinajstić information content (AvgIpc) is 3.40. The molecule has 2 aliphatic heterocycles. The molecule has 10 nitrogen and oxygen atoms in total. The topological polar surface area (TPSA) is 138 Å². The number of carbonyl (C=O) groups excluding carboxylic acids is 2. The molecule has 2 aliphatic rings. The Morgan fingerprint density at radius 3 is 2.43 bits per heavy atom. The van der Waals surface area contributed by atoms with Crippen molar-refractivity contribution in [2.24, 2.45) is 5.73 Å². The molecular weight excluding hydrogens is 494 g/mol. The minimum Gasteiger partial charge on any atom is -0.328 e. The SMILES string of the molecule is C[C@@](CCN1Cc2cc(C#Cc3ccc(CN4CCC(N)CC4)cc3)cn2C1=O)(C(=O)NO)S(C)(=O)=O. The van der Waals surface area contributed by atoms with Crippen LogP contribution in [0.4, 0.5) is 4.79 Å². The van der Waals surface area contributed by atoms with Crippen molar-refractivity contribution in [3.8, 4) is 11.8 Å². The Hall–Kier alpha value is -3.17. The van der Waals surface area contributed by atoms with Crippen molar-refractivity contribution in [3.63, 3.8) is 0 Å². The Labute approximate surface area is 217 Å². The maximum absolute atomic E-state index is 12.8. The van der Waals surface area contributed by atoms with Crippen molar-refractivity contribution in [2.75, 3.05) is 25.9 Å². The highest BCUT2D eigenvalue weighted by atomic mass is 32.2. The second-order valence-corrected chi connectivity index (χ2v) is 12.5. The lowest BCUT2D eigenvalue weighted by Crippen LogP contribution is -2.50. The number of hydrogen-bond donors (Lipinski definition) is 3. The number of hydroxylamine groups is 1. The van der Waals surface area contributed by atoms with Crippen LogP contribution in [0, 0.1) is 11.8 Å². The van der Waals surface area contributed by atoms with Crippen molar-refractivity contribution in [3.05, 3.63) is 58.9 Å². The molecule has 0 saturated carbocycles. The van der Waals surface area contributed by atoms with Gasteiger partial charge in [-0.25, -0.2) is 18.7 Å². The third-order valence-corrected chi connectivity index (χ3v) is 9.36. The Balaban J connectivity index is 1.36. The Morgan fingerprint density at radius 1 is 1.19 bits per heavy atom. The summed E-state index contributed by atoms with van der Waals surface area (Å²) < 4.78 is 24.0. The van der Waals surface area contributed by atoms with Crippen LogP contribution < -0.4 is 11.2 Å². The van der Waals surface area contributed by atoms with Crippen LogP contribution in [-0.4, -0.2) is 76.6 Å². The highest BCUT2D eigenvalue weighted by molar-refractivity contribution is 7.92. The molecule has 198 valence electrons. The fourth-order valence-corrected chi connectivity index (χ4v) is 5.45. The van der Waals surface area contributed by atoms with Crippen LogP contribution in [-0.2, 0) is 27.7 Å². The maximum Gasteiger partial charge on any atom is 0.328 e. The predicted octanol–water partition coefficient (Wildman–Crippen LogP) is 1.29. The van der Waals surface area contributed by atoms with E-state index in [0.717, 1.165) is 50.0 Å².